The van der Waals surface area contributed by atoms with E-state index in [4.69, 9.17) is 0 Å². The lowest BCUT2D eigenvalue weighted by molar-refractivity contribution is 0.103. The van der Waals surface area contributed by atoms with Gasteiger partial charge in [0.1, 0.15) is 0 Å². The average Bonchev–Trinajstić information content (AvgIpc) is 3.10. The zero-order valence-corrected chi connectivity index (χ0v) is 13.1. The molecule has 0 heterocycles. The zero-order valence-electron chi connectivity index (χ0n) is 13.1. The average molecular weight is 260 g/mol. The van der Waals surface area contributed by atoms with Gasteiger partial charge < -0.3 is 0 Å². The third-order valence-electron chi connectivity index (χ3n) is 8.24. The third-order valence-corrected chi connectivity index (χ3v) is 8.24. The second kappa shape index (κ2) is 4.50. The van der Waals surface area contributed by atoms with E-state index in [1.54, 1.807) is 38.5 Å². The highest BCUT2D eigenvalue weighted by Gasteiger charge is 2.52. The van der Waals surface area contributed by atoms with Gasteiger partial charge in [0, 0.05) is 0 Å². The maximum Gasteiger partial charge on any atom is -0.0329 e. The Balaban J connectivity index is 1.53. The van der Waals surface area contributed by atoms with Gasteiger partial charge in [-0.15, -0.1) is 0 Å². The van der Waals surface area contributed by atoms with Gasteiger partial charge in [0.15, 0.2) is 0 Å². The topological polar surface area (TPSA) is 0 Å². The van der Waals surface area contributed by atoms with Gasteiger partial charge in [-0.2, -0.15) is 0 Å². The van der Waals surface area contributed by atoms with Crippen LogP contribution in [0.2, 0.25) is 0 Å². The summed E-state index contributed by atoms with van der Waals surface area (Å²) in [6, 6.07) is 0. The number of fused-ring (bicyclic) bond motifs is 3. The fourth-order valence-electron chi connectivity index (χ4n) is 7.46. The Kier molecular flexibility index (Phi) is 3.01. The summed E-state index contributed by atoms with van der Waals surface area (Å²) < 4.78 is 0. The summed E-state index contributed by atoms with van der Waals surface area (Å²) in [7, 11) is 0. The highest BCUT2D eigenvalue weighted by molar-refractivity contribution is 5.01. The lowest BCUT2D eigenvalue weighted by Crippen LogP contribution is -2.32. The first kappa shape index (κ1) is 12.7. The molecule has 0 aromatic heterocycles. The van der Waals surface area contributed by atoms with Crippen LogP contribution in [-0.2, 0) is 0 Å². The molecule has 0 heteroatoms. The van der Waals surface area contributed by atoms with Crippen LogP contribution in [0.4, 0.5) is 0 Å². The summed E-state index contributed by atoms with van der Waals surface area (Å²) in [5.74, 6) is 9.75. The van der Waals surface area contributed by atoms with Crippen LogP contribution in [0.5, 0.6) is 0 Å². The van der Waals surface area contributed by atoms with Crippen molar-refractivity contribution in [2.75, 3.05) is 0 Å². The molecule has 4 aliphatic carbocycles. The van der Waals surface area contributed by atoms with Crippen LogP contribution in [0.15, 0.2) is 0 Å². The van der Waals surface area contributed by atoms with E-state index >= 15 is 0 Å². The van der Waals surface area contributed by atoms with Crippen molar-refractivity contribution in [1.29, 1.82) is 0 Å². The van der Waals surface area contributed by atoms with Gasteiger partial charge >= 0.3 is 0 Å². The Morgan fingerprint density at radius 2 is 1.58 bits per heavy atom. The molecule has 2 bridgehead atoms. The standard InChI is InChI=1S/C19H32/c1-11-9-18(17-6-4-5-16(11)17)13(3)19-12(2)14-7-8-15(19)10-14/h11-19H,4-10H2,1-3H3. The molecule has 0 spiro atoms. The number of hydrogen-bond acceptors (Lipinski definition) is 0. The van der Waals surface area contributed by atoms with Crippen molar-refractivity contribution >= 4 is 0 Å². The molecule has 4 rings (SSSR count). The Labute approximate surface area is 119 Å². The van der Waals surface area contributed by atoms with Crippen LogP contribution in [0, 0.1) is 53.3 Å². The number of rotatable bonds is 2. The second-order valence-corrected chi connectivity index (χ2v) is 8.76. The van der Waals surface area contributed by atoms with Crippen molar-refractivity contribution in [3.63, 3.8) is 0 Å². The van der Waals surface area contributed by atoms with Crippen molar-refractivity contribution in [1.82, 2.24) is 0 Å². The minimum absolute atomic E-state index is 1.03. The van der Waals surface area contributed by atoms with E-state index in [2.05, 4.69) is 20.8 Å². The van der Waals surface area contributed by atoms with Crippen molar-refractivity contribution in [3.05, 3.63) is 0 Å². The molecular formula is C19H32. The van der Waals surface area contributed by atoms with Crippen molar-refractivity contribution in [2.45, 2.75) is 65.7 Å². The molecule has 0 N–H and O–H groups in total. The largest absolute Gasteiger partial charge is 0.0622 e. The molecule has 0 radical (unpaired) electrons. The van der Waals surface area contributed by atoms with Crippen molar-refractivity contribution in [2.24, 2.45) is 53.3 Å². The SMILES string of the molecule is CC1CC(C(C)C2C3CCC(C3)C2C)C2CCCC12. The highest BCUT2D eigenvalue weighted by Crippen LogP contribution is 2.60. The summed E-state index contributed by atoms with van der Waals surface area (Å²) in [4.78, 5) is 0. The fourth-order valence-corrected chi connectivity index (χ4v) is 7.46. The van der Waals surface area contributed by atoms with Gasteiger partial charge in [0.05, 0.1) is 0 Å². The quantitative estimate of drug-likeness (QED) is 0.625. The van der Waals surface area contributed by atoms with Gasteiger partial charge in [0.2, 0.25) is 0 Å². The molecule has 4 aliphatic rings. The lowest BCUT2D eigenvalue weighted by Gasteiger charge is -2.38. The molecule has 0 nitrogen and oxygen atoms in total. The maximum atomic E-state index is 2.65. The summed E-state index contributed by atoms with van der Waals surface area (Å²) in [6.45, 7) is 7.80. The third kappa shape index (κ3) is 1.77. The summed E-state index contributed by atoms with van der Waals surface area (Å²) >= 11 is 0. The summed E-state index contributed by atoms with van der Waals surface area (Å²) in [6.07, 6.45) is 10.9. The molecule has 4 fully saturated rings. The van der Waals surface area contributed by atoms with Gasteiger partial charge in [-0.05, 0) is 91.8 Å². The monoisotopic (exact) mass is 260 g/mol. The summed E-state index contributed by atoms with van der Waals surface area (Å²) in [5.41, 5.74) is 0. The molecule has 108 valence electrons. The van der Waals surface area contributed by atoms with Gasteiger partial charge in [-0.3, -0.25) is 0 Å². The van der Waals surface area contributed by atoms with E-state index < -0.39 is 0 Å². The molecular weight excluding hydrogens is 228 g/mol. The Hall–Kier alpha value is 0. The smallest absolute Gasteiger partial charge is 0.0329 e. The minimum Gasteiger partial charge on any atom is -0.0622 e. The van der Waals surface area contributed by atoms with Crippen molar-refractivity contribution < 1.29 is 0 Å². The molecule has 19 heavy (non-hydrogen) atoms. The molecule has 9 unspecified atom stereocenters. The predicted octanol–water partition coefficient (Wildman–Crippen LogP) is 5.38. The second-order valence-electron chi connectivity index (χ2n) is 8.76. The van der Waals surface area contributed by atoms with Crippen LogP contribution < -0.4 is 0 Å². The first-order valence-corrected chi connectivity index (χ1v) is 9.16. The molecule has 0 amide bonds. The zero-order chi connectivity index (χ0) is 13.1. The first-order chi connectivity index (χ1) is 9.16. The van der Waals surface area contributed by atoms with E-state index in [0.29, 0.717) is 0 Å². The number of hydrogen-bond donors (Lipinski definition) is 0. The fraction of sp³-hybridized carbons (Fsp3) is 1.00. The van der Waals surface area contributed by atoms with Gasteiger partial charge in [-0.25, -0.2) is 0 Å². The van der Waals surface area contributed by atoms with E-state index in [-0.39, 0.29) is 0 Å². The van der Waals surface area contributed by atoms with E-state index in [1.807, 2.05) is 0 Å². The first-order valence-electron chi connectivity index (χ1n) is 9.16. The van der Waals surface area contributed by atoms with Crippen LogP contribution in [0.1, 0.15) is 65.7 Å². The Bertz CT molecular complexity index is 344. The Morgan fingerprint density at radius 3 is 2.32 bits per heavy atom. The normalized spacial score (nSPS) is 57.6. The molecule has 4 saturated carbocycles. The summed E-state index contributed by atoms with van der Waals surface area (Å²) in [5, 5.41) is 0. The minimum atomic E-state index is 1.03. The van der Waals surface area contributed by atoms with Gasteiger partial charge in [-0.1, -0.05) is 27.2 Å². The van der Waals surface area contributed by atoms with E-state index in [1.165, 1.54) is 6.42 Å². The molecule has 0 saturated heterocycles. The van der Waals surface area contributed by atoms with Crippen LogP contribution >= 0.6 is 0 Å². The van der Waals surface area contributed by atoms with Crippen LogP contribution in [-0.4, -0.2) is 0 Å². The van der Waals surface area contributed by atoms with Crippen molar-refractivity contribution in [3.8, 4) is 0 Å². The van der Waals surface area contributed by atoms with Crippen LogP contribution in [0.25, 0.3) is 0 Å². The van der Waals surface area contributed by atoms with E-state index in [0.717, 1.165) is 53.3 Å². The van der Waals surface area contributed by atoms with E-state index in [9.17, 15) is 0 Å². The van der Waals surface area contributed by atoms with Gasteiger partial charge in [0.25, 0.3) is 0 Å². The Morgan fingerprint density at radius 1 is 0.842 bits per heavy atom. The molecule has 0 aromatic rings. The predicted molar refractivity (Wildman–Crippen MR) is 80.8 cm³/mol. The lowest BCUT2D eigenvalue weighted by atomic mass is 9.67. The highest BCUT2D eigenvalue weighted by atomic mass is 14.6. The van der Waals surface area contributed by atoms with Crippen LogP contribution in [0.3, 0.4) is 0 Å². The maximum absolute atomic E-state index is 2.65. The molecule has 0 aromatic carbocycles. The molecule has 9 atom stereocenters. The molecule has 0 aliphatic heterocycles.